The Morgan fingerprint density at radius 2 is 1.34 bits per heavy atom. The SMILES string of the molecule is CCCCN=C(Cc1ccc(CNC(=O)OCc2ccc(NC(=O)[C@H](CCCNC(N)=O)NC(=O)[C@@H](NC(=O)CCOCCOCCOCCOCCNC(=O)CCC(=O)N3Cc4ccccc4C4=C(N=NC(CC)C4)c4ccccc43)C(C)C)cc2)cc1)c1c(N)c(N)[nH+]c2ccccc12. The Kier molecular flexibility index (Phi) is 30.5. The highest BCUT2D eigenvalue weighted by Gasteiger charge is 2.32. The number of primary amides is 1. The molecule has 0 spiro atoms. The third-order valence-electron chi connectivity index (χ3n) is 17.1. The molecule has 0 saturated heterocycles. The zero-order valence-corrected chi connectivity index (χ0v) is 58.2. The second-order valence-corrected chi connectivity index (χ2v) is 25.0. The first-order valence-corrected chi connectivity index (χ1v) is 34.7. The van der Waals surface area contributed by atoms with E-state index < -0.39 is 41.9 Å². The van der Waals surface area contributed by atoms with E-state index in [-0.39, 0.29) is 102 Å². The van der Waals surface area contributed by atoms with Gasteiger partial charge in [-0.05, 0) is 102 Å². The first kappa shape index (κ1) is 76.6. The number of hydrogen-bond donors (Lipinski definition) is 9. The third kappa shape index (κ3) is 23.8. The summed E-state index contributed by atoms with van der Waals surface area (Å²) >= 11 is 0. The number of pyridine rings is 1. The summed E-state index contributed by atoms with van der Waals surface area (Å²) < 4.78 is 27.9. The topological polar surface area (TPSA) is 370 Å². The second-order valence-electron chi connectivity index (χ2n) is 25.0. The normalized spacial score (nSPS) is 14.0. The van der Waals surface area contributed by atoms with Crippen molar-refractivity contribution < 1.29 is 62.2 Å². The van der Waals surface area contributed by atoms with Crippen molar-refractivity contribution in [3.05, 3.63) is 160 Å². The van der Waals surface area contributed by atoms with Crippen LogP contribution in [0.3, 0.4) is 0 Å². The van der Waals surface area contributed by atoms with Crippen molar-refractivity contribution in [1.82, 2.24) is 26.6 Å². The summed E-state index contributed by atoms with van der Waals surface area (Å²) in [6, 6.07) is 35.6. The number of nitrogens with zero attached hydrogens (tertiary/aromatic N) is 4. The molecule has 0 radical (unpaired) electrons. The zero-order chi connectivity index (χ0) is 71.9. The number of hydrogen-bond acceptors (Lipinski definition) is 17. The molecule has 8 rings (SSSR count). The van der Waals surface area contributed by atoms with Gasteiger partial charge in [0.25, 0.3) is 5.82 Å². The highest BCUT2D eigenvalue weighted by molar-refractivity contribution is 6.15. The predicted octanol–water partition coefficient (Wildman–Crippen LogP) is 8.49. The Morgan fingerprint density at radius 1 is 0.673 bits per heavy atom. The minimum atomic E-state index is -1.06. The van der Waals surface area contributed by atoms with Crippen molar-refractivity contribution in [2.45, 2.75) is 130 Å². The van der Waals surface area contributed by atoms with E-state index in [1.54, 1.807) is 43.0 Å². The molecule has 26 nitrogen and oxygen atoms in total. The number of carbonyl (C=O) groups is 7. The van der Waals surface area contributed by atoms with Crippen LogP contribution in [0.4, 0.5) is 32.5 Å². The lowest BCUT2D eigenvalue weighted by molar-refractivity contribution is -0.325. The average molecular weight is 1390 g/mol. The van der Waals surface area contributed by atoms with E-state index in [0.717, 1.165) is 92.6 Å². The van der Waals surface area contributed by atoms with Gasteiger partial charge in [0.2, 0.25) is 29.5 Å². The number of unbranched alkanes of at least 4 members (excludes halogenated alkanes) is 1. The number of anilines is 4. The molecule has 2 aliphatic rings. The summed E-state index contributed by atoms with van der Waals surface area (Å²) in [5.74, 6) is -1.93. The Hall–Kier alpha value is -10.2. The fraction of sp³-hybridized carbons (Fsp3) is 0.427. The van der Waals surface area contributed by atoms with E-state index in [1.165, 1.54) is 0 Å². The van der Waals surface area contributed by atoms with Crippen molar-refractivity contribution in [2.24, 2.45) is 26.9 Å². The number of benzene rings is 5. The maximum absolute atomic E-state index is 13.9. The third-order valence-corrected chi connectivity index (χ3v) is 17.1. The monoisotopic (exact) mass is 1390 g/mol. The summed E-state index contributed by atoms with van der Waals surface area (Å²) in [4.78, 5) is 101. The van der Waals surface area contributed by atoms with Gasteiger partial charge in [0.05, 0.1) is 76.8 Å². The maximum atomic E-state index is 13.9. The number of azo groups is 1. The second kappa shape index (κ2) is 40.2. The van der Waals surface area contributed by atoms with Gasteiger partial charge in [0.15, 0.2) is 0 Å². The van der Waals surface area contributed by atoms with Crippen LogP contribution in [-0.4, -0.2) is 138 Å². The number of alkyl carbamates (subject to hydrolysis) is 1. The Labute approximate surface area is 589 Å². The highest BCUT2D eigenvalue weighted by Crippen LogP contribution is 2.43. The molecule has 8 amide bonds. The average Bonchev–Trinajstić information content (AvgIpc) is 0.774. The molecule has 6 aromatic rings. The van der Waals surface area contributed by atoms with Crippen LogP contribution in [0, 0.1) is 5.92 Å². The molecule has 3 atom stereocenters. The van der Waals surface area contributed by atoms with E-state index in [1.807, 2.05) is 91.0 Å². The molecule has 26 heteroatoms. The van der Waals surface area contributed by atoms with Gasteiger partial charge < -0.3 is 72.0 Å². The van der Waals surface area contributed by atoms with Crippen LogP contribution in [0.2, 0.25) is 0 Å². The van der Waals surface area contributed by atoms with Gasteiger partial charge in [-0.15, -0.1) is 0 Å². The highest BCUT2D eigenvalue weighted by atomic mass is 16.6. The van der Waals surface area contributed by atoms with Crippen LogP contribution < -0.4 is 59.0 Å². The molecule has 3 heterocycles. The van der Waals surface area contributed by atoms with Crippen LogP contribution in [-0.2, 0) is 73.8 Å². The molecule has 1 unspecified atom stereocenters. The van der Waals surface area contributed by atoms with Crippen LogP contribution in [0.1, 0.15) is 124 Å². The number of urea groups is 1. The number of nitrogens with one attached hydrogen (secondary N) is 7. The number of aromatic nitrogens is 1. The smallest absolute Gasteiger partial charge is 0.407 e. The molecule has 5 aromatic carbocycles. The first-order valence-electron chi connectivity index (χ1n) is 34.7. The summed E-state index contributed by atoms with van der Waals surface area (Å²) in [7, 11) is 0. The summed E-state index contributed by atoms with van der Waals surface area (Å²) in [5.41, 5.74) is 29.6. The van der Waals surface area contributed by atoms with Crippen LogP contribution in [0.25, 0.3) is 22.2 Å². The molecular weight excluding hydrogens is 1290 g/mol. The summed E-state index contributed by atoms with van der Waals surface area (Å²) in [6.45, 7) is 11.4. The van der Waals surface area contributed by atoms with Gasteiger partial charge in [-0.25, -0.2) is 14.6 Å². The van der Waals surface area contributed by atoms with Gasteiger partial charge in [-0.3, -0.25) is 34.7 Å². The fourth-order valence-electron chi connectivity index (χ4n) is 11.5. The Morgan fingerprint density at radius 3 is 2.05 bits per heavy atom. The molecule has 101 heavy (non-hydrogen) atoms. The molecule has 1 aromatic heterocycles. The Bertz CT molecular complexity index is 3860. The van der Waals surface area contributed by atoms with Crippen molar-refractivity contribution >= 4 is 92.4 Å². The number of H-pyrrole nitrogens is 1. The lowest BCUT2D eigenvalue weighted by atomic mass is 9.87. The van der Waals surface area contributed by atoms with Crippen molar-refractivity contribution in [3.8, 4) is 0 Å². The number of amides is 8. The number of nitrogens with two attached hydrogens (primary N) is 3. The largest absolute Gasteiger partial charge is 0.445 e. The van der Waals surface area contributed by atoms with Crippen molar-refractivity contribution in [3.63, 3.8) is 0 Å². The summed E-state index contributed by atoms with van der Waals surface area (Å²) in [6.07, 6.45) is 3.93. The van der Waals surface area contributed by atoms with E-state index in [2.05, 4.69) is 61.9 Å². The predicted molar refractivity (Wildman–Crippen MR) is 388 cm³/mol. The van der Waals surface area contributed by atoms with Crippen molar-refractivity contribution in [1.29, 1.82) is 0 Å². The standard InChI is InChI=1S/C75H96N14O12/c1-5-7-33-79-62(67-57-17-10-12-19-60(57)84-71(77)68(67)76)44-50-22-24-51(25-23-50)46-82-75(96)101-48-52-26-28-55(29-27-52)83-72(93)61(20-14-34-81-74(78)95)85-73(94)69(49(3)4)86-65(91)32-36-97-38-40-99-42-43-100-41-39-98-37-35-80-64(90)30-31-66(92)89-47-53-15-8-9-16-56(53)59-45-54(6-2)87-88-70(59)58-18-11-13-21-63(58)89/h8-13,15-19,21-29,49,54,61,69H,5-7,14,20,30-48,76H2,1-4H3,(H2,77,84)(H,80,90)(H,82,96)(H,83,93)(H,85,94)(H,86,91)(H3,78,81,95)/p+1/t54?,61-,69-/m0/s1. The molecule has 0 saturated carbocycles. The van der Waals surface area contributed by atoms with Gasteiger partial charge >= 0.3 is 12.1 Å². The number of carbonyl (C=O) groups excluding carboxylic acids is 7. The van der Waals surface area contributed by atoms with E-state index >= 15 is 0 Å². The number of rotatable bonds is 39. The molecule has 538 valence electrons. The molecule has 0 bridgehead atoms. The van der Waals surface area contributed by atoms with Gasteiger partial charge in [0, 0.05) is 79.8 Å². The number of aromatic amines is 1. The quantitative estimate of drug-likeness (QED) is 0.0129. The first-order chi connectivity index (χ1) is 49.0. The number of nitrogen functional groups attached to an aromatic ring is 2. The minimum Gasteiger partial charge on any atom is -0.445 e. The number of aliphatic imine (C=N–C) groups is 1. The molecule has 13 N–H and O–H groups in total. The summed E-state index contributed by atoms with van der Waals surface area (Å²) in [5, 5.41) is 26.7. The maximum Gasteiger partial charge on any atom is 0.407 e. The molecule has 0 aliphatic carbocycles. The number of para-hydroxylation sites is 2. The van der Waals surface area contributed by atoms with Gasteiger partial charge in [-0.2, -0.15) is 10.2 Å². The fourth-order valence-corrected chi connectivity index (χ4v) is 11.5. The van der Waals surface area contributed by atoms with Crippen molar-refractivity contribution in [2.75, 3.05) is 94.2 Å². The van der Waals surface area contributed by atoms with E-state index in [4.69, 9.17) is 51.0 Å². The van der Waals surface area contributed by atoms with Crippen LogP contribution in [0.15, 0.2) is 137 Å². The molecule has 0 fully saturated rings. The number of fused-ring (bicyclic) bond motifs is 5. The molecule has 2 aliphatic heterocycles. The Balaban J connectivity index is 0.670. The zero-order valence-electron chi connectivity index (χ0n) is 58.2. The van der Waals surface area contributed by atoms with E-state index in [0.29, 0.717) is 75.1 Å². The lowest BCUT2D eigenvalue weighted by Gasteiger charge is -2.31. The van der Waals surface area contributed by atoms with Gasteiger partial charge in [-0.1, -0.05) is 125 Å². The minimum absolute atomic E-state index is 0.0223. The van der Waals surface area contributed by atoms with Crippen LogP contribution >= 0.6 is 0 Å². The van der Waals surface area contributed by atoms with Crippen LogP contribution in [0.5, 0.6) is 0 Å². The van der Waals surface area contributed by atoms with Gasteiger partial charge in [0.1, 0.15) is 29.9 Å². The molecular formula is C75H97N14O12+. The number of ether oxygens (including phenoxy) is 5. The lowest BCUT2D eigenvalue weighted by Crippen LogP contribution is -2.54. The van der Waals surface area contributed by atoms with E-state index in [9.17, 15) is 33.6 Å².